The average molecular weight is 347 g/mol. The second-order valence-corrected chi connectivity index (χ2v) is 5.87. The van der Waals surface area contributed by atoms with Crippen LogP contribution in [0.3, 0.4) is 0 Å². The maximum atomic E-state index is 12.2. The Balaban J connectivity index is 1.61. The van der Waals surface area contributed by atoms with Crippen LogP contribution in [0.25, 0.3) is 11.1 Å². The molecule has 0 aliphatic heterocycles. The quantitative estimate of drug-likeness (QED) is 0.681. The molecular weight excluding hydrogens is 326 g/mol. The van der Waals surface area contributed by atoms with Gasteiger partial charge in [0.1, 0.15) is 5.75 Å². The van der Waals surface area contributed by atoms with Crippen LogP contribution in [0.4, 0.5) is 5.69 Å². The maximum Gasteiger partial charge on any atom is 0.262 e. The molecule has 132 valence electrons. The lowest BCUT2D eigenvalue weighted by Crippen LogP contribution is -2.20. The van der Waals surface area contributed by atoms with Crippen molar-refractivity contribution in [2.45, 2.75) is 6.42 Å². The van der Waals surface area contributed by atoms with Crippen molar-refractivity contribution in [2.75, 3.05) is 18.5 Å². The number of nitrogens with one attached hydrogen (secondary N) is 1. The molecule has 2 N–H and O–H groups in total. The topological polar surface area (TPSA) is 58.6 Å². The molecule has 1 amide bonds. The second-order valence-electron chi connectivity index (χ2n) is 5.87. The predicted octanol–water partition coefficient (Wildman–Crippen LogP) is 3.91. The van der Waals surface area contributed by atoms with Crippen molar-refractivity contribution in [1.82, 2.24) is 0 Å². The van der Waals surface area contributed by atoms with Crippen LogP contribution in [0, 0.1) is 0 Å². The first-order valence-corrected chi connectivity index (χ1v) is 8.53. The number of aliphatic hydroxyl groups is 1. The molecule has 0 radical (unpaired) electrons. The molecule has 3 aromatic rings. The summed E-state index contributed by atoms with van der Waals surface area (Å²) >= 11 is 0. The summed E-state index contributed by atoms with van der Waals surface area (Å²) < 4.78 is 5.74. The van der Waals surface area contributed by atoms with Gasteiger partial charge in [-0.05, 0) is 35.7 Å². The van der Waals surface area contributed by atoms with Crippen LogP contribution in [-0.2, 0) is 11.2 Å². The van der Waals surface area contributed by atoms with E-state index in [1.54, 1.807) is 0 Å². The Morgan fingerprint density at radius 3 is 2.31 bits per heavy atom. The van der Waals surface area contributed by atoms with E-state index in [-0.39, 0.29) is 19.1 Å². The number of hydrogen-bond acceptors (Lipinski definition) is 3. The summed E-state index contributed by atoms with van der Waals surface area (Å²) in [7, 11) is 0. The van der Waals surface area contributed by atoms with Crippen molar-refractivity contribution >= 4 is 11.6 Å². The summed E-state index contributed by atoms with van der Waals surface area (Å²) in [6.45, 7) is 0.0443. The largest absolute Gasteiger partial charge is 0.483 e. The molecule has 3 rings (SSSR count). The zero-order valence-corrected chi connectivity index (χ0v) is 14.4. The highest BCUT2D eigenvalue weighted by molar-refractivity contribution is 5.92. The fourth-order valence-corrected chi connectivity index (χ4v) is 2.67. The Hall–Kier alpha value is -3.11. The number of carbonyl (C=O) groups is 1. The summed E-state index contributed by atoms with van der Waals surface area (Å²) in [6, 6.07) is 25.0. The number of benzene rings is 3. The number of anilines is 1. The van der Waals surface area contributed by atoms with Crippen LogP contribution in [-0.4, -0.2) is 24.2 Å². The van der Waals surface area contributed by atoms with Gasteiger partial charge >= 0.3 is 0 Å². The Morgan fingerprint density at radius 2 is 1.58 bits per heavy atom. The van der Waals surface area contributed by atoms with Gasteiger partial charge in [0.25, 0.3) is 5.91 Å². The molecule has 0 saturated heterocycles. The highest BCUT2D eigenvalue weighted by Gasteiger charge is 2.08. The normalized spacial score (nSPS) is 10.3. The van der Waals surface area contributed by atoms with Crippen LogP contribution >= 0.6 is 0 Å². The second kappa shape index (κ2) is 8.83. The van der Waals surface area contributed by atoms with Gasteiger partial charge in [-0.2, -0.15) is 0 Å². The van der Waals surface area contributed by atoms with Crippen molar-refractivity contribution < 1.29 is 14.6 Å². The molecule has 4 nitrogen and oxygen atoms in total. The monoisotopic (exact) mass is 347 g/mol. The number of para-hydroxylation sites is 1. The van der Waals surface area contributed by atoms with Crippen LogP contribution in [0.1, 0.15) is 5.56 Å². The average Bonchev–Trinajstić information content (AvgIpc) is 2.69. The summed E-state index contributed by atoms with van der Waals surface area (Å²) in [5, 5.41) is 11.7. The lowest BCUT2D eigenvalue weighted by atomic mass is 10.1. The Labute approximate surface area is 153 Å². The maximum absolute atomic E-state index is 12.2. The van der Waals surface area contributed by atoms with E-state index in [0.29, 0.717) is 17.9 Å². The van der Waals surface area contributed by atoms with Crippen LogP contribution in [0.2, 0.25) is 0 Å². The van der Waals surface area contributed by atoms with Gasteiger partial charge in [-0.3, -0.25) is 4.79 Å². The fraction of sp³-hybridized carbons (Fsp3) is 0.136. The number of aliphatic hydroxyl groups excluding tert-OH is 1. The fourth-order valence-electron chi connectivity index (χ4n) is 2.67. The molecule has 3 aromatic carbocycles. The van der Waals surface area contributed by atoms with Crippen molar-refractivity contribution in [2.24, 2.45) is 0 Å². The predicted molar refractivity (Wildman–Crippen MR) is 103 cm³/mol. The minimum Gasteiger partial charge on any atom is -0.483 e. The minimum atomic E-state index is -0.220. The molecule has 0 fully saturated rings. The molecule has 26 heavy (non-hydrogen) atoms. The number of amides is 1. The van der Waals surface area contributed by atoms with E-state index in [1.165, 1.54) is 0 Å². The summed E-state index contributed by atoms with van der Waals surface area (Å²) in [4.78, 5) is 12.2. The van der Waals surface area contributed by atoms with Gasteiger partial charge in [0.2, 0.25) is 0 Å². The third-order valence-electron chi connectivity index (χ3n) is 3.97. The first kappa shape index (κ1) is 17.7. The molecule has 0 aliphatic carbocycles. The molecular formula is C22H21NO3. The van der Waals surface area contributed by atoms with Gasteiger partial charge in [-0.25, -0.2) is 0 Å². The first-order chi connectivity index (χ1) is 12.8. The van der Waals surface area contributed by atoms with Crippen LogP contribution in [0.5, 0.6) is 5.75 Å². The standard InChI is InChI=1S/C22H21NO3/c24-15-14-17-10-12-19(13-11-17)23-22(25)16-26-21-9-5-4-8-20(21)18-6-2-1-3-7-18/h1-13,24H,14-16H2,(H,23,25). The van der Waals surface area contributed by atoms with Gasteiger partial charge < -0.3 is 15.2 Å². The van der Waals surface area contributed by atoms with Gasteiger partial charge in [0, 0.05) is 17.9 Å². The van der Waals surface area contributed by atoms with Crippen LogP contribution in [0.15, 0.2) is 78.9 Å². The number of carbonyl (C=O) groups excluding carboxylic acids is 1. The molecule has 0 saturated carbocycles. The molecule has 0 aliphatic rings. The summed E-state index contributed by atoms with van der Waals surface area (Å²) in [5.74, 6) is 0.454. The number of hydrogen-bond donors (Lipinski definition) is 2. The van der Waals surface area contributed by atoms with Crippen molar-refractivity contribution in [3.8, 4) is 16.9 Å². The Bertz CT molecular complexity index is 845. The van der Waals surface area contributed by atoms with Crippen molar-refractivity contribution in [3.05, 3.63) is 84.4 Å². The Morgan fingerprint density at radius 1 is 0.885 bits per heavy atom. The van der Waals surface area contributed by atoms with Gasteiger partial charge in [0.05, 0.1) is 0 Å². The molecule has 0 bridgehead atoms. The lowest BCUT2D eigenvalue weighted by molar-refractivity contribution is -0.118. The molecule has 4 heteroatoms. The highest BCUT2D eigenvalue weighted by atomic mass is 16.5. The molecule has 0 unspecified atom stereocenters. The van der Waals surface area contributed by atoms with E-state index in [4.69, 9.17) is 9.84 Å². The Kier molecular flexibility index (Phi) is 6.01. The lowest BCUT2D eigenvalue weighted by Gasteiger charge is -2.12. The van der Waals surface area contributed by atoms with E-state index in [0.717, 1.165) is 16.7 Å². The first-order valence-electron chi connectivity index (χ1n) is 8.53. The SMILES string of the molecule is O=C(COc1ccccc1-c1ccccc1)Nc1ccc(CCO)cc1. The zero-order chi connectivity index (χ0) is 18.2. The van der Waals surface area contributed by atoms with Crippen molar-refractivity contribution in [3.63, 3.8) is 0 Å². The number of ether oxygens (including phenoxy) is 1. The number of rotatable bonds is 7. The van der Waals surface area contributed by atoms with E-state index >= 15 is 0 Å². The van der Waals surface area contributed by atoms with Gasteiger partial charge in [-0.15, -0.1) is 0 Å². The minimum absolute atomic E-state index is 0.0672. The van der Waals surface area contributed by atoms with Crippen molar-refractivity contribution in [1.29, 1.82) is 0 Å². The molecule has 0 heterocycles. The molecule has 0 spiro atoms. The third-order valence-corrected chi connectivity index (χ3v) is 3.97. The van der Waals surface area contributed by atoms with Gasteiger partial charge in [0.15, 0.2) is 6.61 Å². The van der Waals surface area contributed by atoms with E-state index in [1.807, 2.05) is 78.9 Å². The molecule has 0 atom stereocenters. The highest BCUT2D eigenvalue weighted by Crippen LogP contribution is 2.29. The zero-order valence-electron chi connectivity index (χ0n) is 14.4. The van der Waals surface area contributed by atoms with Gasteiger partial charge in [-0.1, -0.05) is 60.7 Å². The summed E-state index contributed by atoms with van der Waals surface area (Å²) in [5.41, 5.74) is 3.73. The molecule has 0 aromatic heterocycles. The smallest absolute Gasteiger partial charge is 0.262 e. The van der Waals surface area contributed by atoms with Crippen LogP contribution < -0.4 is 10.1 Å². The third kappa shape index (κ3) is 4.71. The van der Waals surface area contributed by atoms with E-state index in [2.05, 4.69) is 5.32 Å². The van der Waals surface area contributed by atoms with E-state index < -0.39 is 0 Å². The van der Waals surface area contributed by atoms with E-state index in [9.17, 15) is 4.79 Å². The summed E-state index contributed by atoms with van der Waals surface area (Å²) in [6.07, 6.45) is 0.605.